The van der Waals surface area contributed by atoms with E-state index >= 15 is 0 Å². The van der Waals surface area contributed by atoms with Gasteiger partial charge in [0.25, 0.3) is 11.8 Å². The van der Waals surface area contributed by atoms with Crippen LogP contribution < -0.4 is 10.6 Å². The van der Waals surface area contributed by atoms with Crippen LogP contribution in [-0.4, -0.2) is 21.6 Å². The second-order valence-corrected chi connectivity index (χ2v) is 8.76. The van der Waals surface area contributed by atoms with E-state index in [4.69, 9.17) is 0 Å². The fourth-order valence-corrected chi connectivity index (χ4v) is 4.12. The molecule has 2 N–H and O–H groups in total. The number of carbonyl (C=O) groups is 2. The Morgan fingerprint density at radius 3 is 2.10 bits per heavy atom. The van der Waals surface area contributed by atoms with E-state index in [0.717, 1.165) is 15.9 Å². The van der Waals surface area contributed by atoms with Gasteiger partial charge in [0, 0.05) is 15.8 Å². The maximum atomic E-state index is 12.9. The Kier molecular flexibility index (Phi) is 6.01. The number of thiophene rings is 1. The smallest absolute Gasteiger partial charge is 0.265 e. The van der Waals surface area contributed by atoms with Gasteiger partial charge in [-0.2, -0.15) is 5.10 Å². The molecule has 0 aliphatic rings. The molecule has 2 heterocycles. The molecule has 4 rings (SSSR count). The topological polar surface area (TPSA) is 76.0 Å². The van der Waals surface area contributed by atoms with Gasteiger partial charge in [0.05, 0.1) is 27.5 Å². The number of halogens is 1. The zero-order chi connectivity index (χ0) is 22.0. The first kappa shape index (κ1) is 21.0. The highest BCUT2D eigenvalue weighted by Crippen LogP contribution is 2.22. The molecular weight excluding hydrogens is 476 g/mol. The van der Waals surface area contributed by atoms with E-state index in [1.54, 1.807) is 35.0 Å². The van der Waals surface area contributed by atoms with Crippen LogP contribution in [0.5, 0.6) is 0 Å². The average molecular weight is 495 g/mol. The molecule has 0 spiro atoms. The van der Waals surface area contributed by atoms with Crippen molar-refractivity contribution in [1.82, 2.24) is 9.78 Å². The first-order valence-corrected chi connectivity index (χ1v) is 11.2. The minimum Gasteiger partial charge on any atom is -0.322 e. The molecule has 2 aromatic carbocycles. The lowest BCUT2D eigenvalue weighted by Gasteiger charge is -2.08. The lowest BCUT2D eigenvalue weighted by molar-refractivity contribution is 0.101. The van der Waals surface area contributed by atoms with E-state index in [1.807, 2.05) is 49.6 Å². The van der Waals surface area contributed by atoms with Crippen molar-refractivity contribution < 1.29 is 9.59 Å². The van der Waals surface area contributed by atoms with Gasteiger partial charge in [0.15, 0.2) is 0 Å². The van der Waals surface area contributed by atoms with Gasteiger partial charge in [-0.3, -0.25) is 9.59 Å². The van der Waals surface area contributed by atoms with Crippen LogP contribution in [0.4, 0.5) is 11.4 Å². The van der Waals surface area contributed by atoms with E-state index in [2.05, 4.69) is 31.7 Å². The number of amides is 2. The highest BCUT2D eigenvalue weighted by atomic mass is 79.9. The van der Waals surface area contributed by atoms with Gasteiger partial charge in [0.2, 0.25) is 0 Å². The molecule has 0 aliphatic heterocycles. The van der Waals surface area contributed by atoms with Crippen molar-refractivity contribution in [3.63, 3.8) is 0 Å². The summed E-state index contributed by atoms with van der Waals surface area (Å²) in [4.78, 5) is 25.7. The predicted molar refractivity (Wildman–Crippen MR) is 127 cm³/mol. The van der Waals surface area contributed by atoms with Crippen LogP contribution in [0, 0.1) is 13.8 Å². The maximum absolute atomic E-state index is 12.9. The van der Waals surface area contributed by atoms with Gasteiger partial charge in [-0.25, -0.2) is 4.68 Å². The van der Waals surface area contributed by atoms with Crippen LogP contribution in [0.15, 0.2) is 70.5 Å². The lowest BCUT2D eigenvalue weighted by atomic mass is 10.1. The zero-order valence-corrected chi connectivity index (χ0v) is 19.3. The summed E-state index contributed by atoms with van der Waals surface area (Å²) in [6, 6.07) is 18.4. The highest BCUT2D eigenvalue weighted by molar-refractivity contribution is 9.10. The number of hydrogen-bond acceptors (Lipinski definition) is 4. The van der Waals surface area contributed by atoms with Crippen molar-refractivity contribution in [2.75, 3.05) is 10.6 Å². The van der Waals surface area contributed by atoms with Gasteiger partial charge in [0.1, 0.15) is 0 Å². The van der Waals surface area contributed by atoms with E-state index in [-0.39, 0.29) is 11.8 Å². The molecule has 0 fully saturated rings. The second kappa shape index (κ2) is 8.87. The molecule has 0 aliphatic carbocycles. The number of hydrogen-bond donors (Lipinski definition) is 2. The Morgan fingerprint density at radius 2 is 1.52 bits per heavy atom. The van der Waals surface area contributed by atoms with Crippen LogP contribution in [0.25, 0.3) is 5.69 Å². The molecule has 0 unspecified atom stereocenters. The lowest BCUT2D eigenvalue weighted by Crippen LogP contribution is -2.14. The largest absolute Gasteiger partial charge is 0.322 e. The van der Waals surface area contributed by atoms with Crippen molar-refractivity contribution in [2.45, 2.75) is 13.8 Å². The third-order valence-corrected chi connectivity index (χ3v) is 6.13. The van der Waals surface area contributed by atoms with Crippen LogP contribution in [-0.2, 0) is 0 Å². The molecule has 156 valence electrons. The second-order valence-electron chi connectivity index (χ2n) is 6.90. The molecule has 0 radical (unpaired) electrons. The van der Waals surface area contributed by atoms with Gasteiger partial charge < -0.3 is 10.6 Å². The maximum Gasteiger partial charge on any atom is 0.265 e. The minimum atomic E-state index is -0.228. The number of benzene rings is 2. The SMILES string of the molecule is Cc1nn(-c2ccc(Br)cc2)c(C)c1C(=O)Nc1ccc(NC(=O)c2cccs2)cc1. The van der Waals surface area contributed by atoms with Crippen molar-refractivity contribution in [3.8, 4) is 5.69 Å². The van der Waals surface area contributed by atoms with Gasteiger partial charge in [-0.1, -0.05) is 22.0 Å². The standard InChI is InChI=1S/C23H19BrN4O2S/c1-14-21(15(2)28(27-14)19-11-5-16(24)6-12-19)23(30)26-18-9-7-17(8-10-18)25-22(29)20-4-3-13-31-20/h3-13H,1-2H3,(H,25,29)(H,26,30). The van der Waals surface area contributed by atoms with Crippen molar-refractivity contribution in [1.29, 1.82) is 0 Å². The summed E-state index contributed by atoms with van der Waals surface area (Å²) in [7, 11) is 0. The summed E-state index contributed by atoms with van der Waals surface area (Å²) in [5, 5.41) is 12.1. The van der Waals surface area contributed by atoms with Gasteiger partial charge in [-0.05, 0) is 73.8 Å². The van der Waals surface area contributed by atoms with Crippen LogP contribution in [0.1, 0.15) is 31.4 Å². The summed E-state index contributed by atoms with van der Waals surface area (Å²) in [6.45, 7) is 3.70. The molecule has 4 aromatic rings. The molecule has 2 amide bonds. The summed E-state index contributed by atoms with van der Waals surface area (Å²) in [5.74, 6) is -0.382. The summed E-state index contributed by atoms with van der Waals surface area (Å²) < 4.78 is 2.74. The van der Waals surface area contributed by atoms with Crippen molar-refractivity contribution >= 4 is 50.5 Å². The van der Waals surface area contributed by atoms with Gasteiger partial charge >= 0.3 is 0 Å². The Bertz CT molecular complexity index is 1230. The van der Waals surface area contributed by atoms with Crippen LogP contribution >= 0.6 is 27.3 Å². The number of aromatic nitrogens is 2. The molecule has 0 saturated heterocycles. The van der Waals surface area contributed by atoms with E-state index in [9.17, 15) is 9.59 Å². The first-order valence-electron chi connectivity index (χ1n) is 9.51. The number of rotatable bonds is 5. The number of carbonyl (C=O) groups excluding carboxylic acids is 2. The Hall–Kier alpha value is -3.23. The molecule has 8 heteroatoms. The number of nitrogens with one attached hydrogen (secondary N) is 2. The molecule has 0 bridgehead atoms. The predicted octanol–water partition coefficient (Wildman–Crippen LogP) is 5.82. The Labute approximate surface area is 192 Å². The molecule has 31 heavy (non-hydrogen) atoms. The summed E-state index contributed by atoms with van der Waals surface area (Å²) >= 11 is 4.81. The number of anilines is 2. The average Bonchev–Trinajstić information content (AvgIpc) is 3.38. The fraction of sp³-hybridized carbons (Fsp3) is 0.0870. The van der Waals surface area contributed by atoms with Crippen molar-refractivity contribution in [2.24, 2.45) is 0 Å². The van der Waals surface area contributed by atoms with Crippen LogP contribution in [0.2, 0.25) is 0 Å². The molecule has 2 aromatic heterocycles. The third kappa shape index (κ3) is 4.60. The Morgan fingerprint density at radius 1 is 0.903 bits per heavy atom. The monoisotopic (exact) mass is 494 g/mol. The van der Waals surface area contributed by atoms with E-state index in [1.165, 1.54) is 11.3 Å². The Balaban J connectivity index is 1.48. The van der Waals surface area contributed by atoms with E-state index in [0.29, 0.717) is 27.5 Å². The van der Waals surface area contributed by atoms with Crippen molar-refractivity contribution in [3.05, 3.63) is 92.3 Å². The molecular formula is C23H19BrN4O2S. The quantitative estimate of drug-likeness (QED) is 0.367. The van der Waals surface area contributed by atoms with E-state index < -0.39 is 0 Å². The van der Waals surface area contributed by atoms with Gasteiger partial charge in [-0.15, -0.1) is 11.3 Å². The molecule has 0 atom stereocenters. The number of nitrogens with zero attached hydrogens (tertiary/aromatic N) is 2. The third-order valence-electron chi connectivity index (χ3n) is 4.74. The first-order chi connectivity index (χ1) is 14.9. The summed E-state index contributed by atoms with van der Waals surface area (Å²) in [6.07, 6.45) is 0. The normalized spacial score (nSPS) is 10.7. The molecule has 6 nitrogen and oxygen atoms in total. The van der Waals surface area contributed by atoms with Crippen LogP contribution in [0.3, 0.4) is 0 Å². The number of aryl methyl sites for hydroxylation is 1. The molecule has 0 saturated carbocycles. The minimum absolute atomic E-state index is 0.154. The highest BCUT2D eigenvalue weighted by Gasteiger charge is 2.19. The fourth-order valence-electron chi connectivity index (χ4n) is 3.24. The zero-order valence-electron chi connectivity index (χ0n) is 16.8. The summed E-state index contributed by atoms with van der Waals surface area (Å²) in [5.41, 5.74) is 4.13.